The number of pyridine rings is 1. The fraction of sp³-hybridized carbons (Fsp3) is 0. The molecule has 3 aromatic rings. The molecule has 1 aromatic carbocycles. The summed E-state index contributed by atoms with van der Waals surface area (Å²) < 4.78 is 14.6. The molecule has 0 saturated carbocycles. The molecule has 0 saturated heterocycles. The second kappa shape index (κ2) is 3.72. The van der Waals surface area contributed by atoms with Gasteiger partial charge in [0.05, 0.1) is 11.8 Å². The molecule has 0 bridgehead atoms. The third-order valence-electron chi connectivity index (χ3n) is 2.23. The maximum atomic E-state index is 12.9. The van der Waals surface area contributed by atoms with Crippen molar-refractivity contribution in [2.45, 2.75) is 0 Å². The quantitative estimate of drug-likeness (QED) is 0.550. The molecule has 0 unspecified atom stereocenters. The third-order valence-corrected chi connectivity index (χ3v) is 2.23. The standard InChI is InChI=1S/C11H6FN2.Ir/c12-10-7-14-6-5-8-3-1-2-4-9(8)11(14)13-10;/h1-3,5-7H;/q-1;. The second-order valence-electron chi connectivity index (χ2n) is 3.11. The largest absolute Gasteiger partial charge is 0.344 e. The van der Waals surface area contributed by atoms with E-state index in [2.05, 4.69) is 11.1 Å². The Kier molecular flexibility index (Phi) is 2.55. The van der Waals surface area contributed by atoms with Gasteiger partial charge in [0.15, 0.2) is 0 Å². The van der Waals surface area contributed by atoms with E-state index in [0.717, 1.165) is 10.8 Å². The molecule has 0 spiro atoms. The number of aromatic nitrogens is 2. The van der Waals surface area contributed by atoms with Crippen molar-refractivity contribution in [1.82, 2.24) is 9.38 Å². The topological polar surface area (TPSA) is 17.3 Å². The molecule has 2 aromatic heterocycles. The van der Waals surface area contributed by atoms with Crippen LogP contribution < -0.4 is 0 Å². The number of hydrogen-bond donors (Lipinski definition) is 0. The van der Waals surface area contributed by atoms with Crippen LogP contribution >= 0.6 is 0 Å². The zero-order valence-corrected chi connectivity index (χ0v) is 9.96. The van der Waals surface area contributed by atoms with Crippen molar-refractivity contribution in [3.05, 3.63) is 48.7 Å². The molecular weight excluding hydrogens is 371 g/mol. The van der Waals surface area contributed by atoms with Gasteiger partial charge in [0.25, 0.3) is 0 Å². The summed E-state index contributed by atoms with van der Waals surface area (Å²) in [6.07, 6.45) is 3.15. The van der Waals surface area contributed by atoms with Crippen LogP contribution in [0.15, 0.2) is 36.7 Å². The predicted molar refractivity (Wildman–Crippen MR) is 51.5 cm³/mol. The summed E-state index contributed by atoms with van der Waals surface area (Å²) >= 11 is 0. The Hall–Kier alpha value is -1.25. The first kappa shape index (κ1) is 10.3. The van der Waals surface area contributed by atoms with E-state index in [-0.39, 0.29) is 20.1 Å². The summed E-state index contributed by atoms with van der Waals surface area (Å²) in [6.45, 7) is 0. The van der Waals surface area contributed by atoms with Gasteiger partial charge in [-0.2, -0.15) is 4.39 Å². The summed E-state index contributed by atoms with van der Waals surface area (Å²) in [4.78, 5) is 3.81. The van der Waals surface area contributed by atoms with E-state index < -0.39 is 5.95 Å². The minimum Gasteiger partial charge on any atom is -0.344 e. The average Bonchev–Trinajstić information content (AvgIpc) is 2.59. The summed E-state index contributed by atoms with van der Waals surface area (Å²) in [7, 11) is 0. The van der Waals surface area contributed by atoms with Gasteiger partial charge < -0.3 is 4.40 Å². The summed E-state index contributed by atoms with van der Waals surface area (Å²) in [5.41, 5.74) is 0.612. The molecule has 0 aliphatic heterocycles. The maximum absolute atomic E-state index is 12.9. The summed E-state index contributed by atoms with van der Waals surface area (Å²) in [5, 5.41) is 1.87. The number of fused-ring (bicyclic) bond motifs is 3. The second-order valence-corrected chi connectivity index (χ2v) is 3.11. The Bertz CT molecular complexity index is 618. The summed E-state index contributed by atoms with van der Waals surface area (Å²) in [5.74, 6) is -0.463. The van der Waals surface area contributed by atoms with Crippen molar-refractivity contribution in [3.63, 3.8) is 0 Å². The first-order valence-corrected chi connectivity index (χ1v) is 4.28. The van der Waals surface area contributed by atoms with Gasteiger partial charge in [0, 0.05) is 20.1 Å². The Balaban J connectivity index is 0.000000853. The number of halogens is 1. The van der Waals surface area contributed by atoms with Crippen LogP contribution in [-0.4, -0.2) is 9.38 Å². The number of nitrogens with zero attached hydrogens (tertiary/aromatic N) is 2. The van der Waals surface area contributed by atoms with Gasteiger partial charge in [0.1, 0.15) is 0 Å². The zero-order chi connectivity index (χ0) is 9.54. The molecule has 4 heteroatoms. The normalized spacial score (nSPS) is 10.5. The molecule has 0 N–H and O–H groups in total. The van der Waals surface area contributed by atoms with Crippen molar-refractivity contribution in [3.8, 4) is 0 Å². The first-order valence-electron chi connectivity index (χ1n) is 4.28. The van der Waals surface area contributed by atoms with Crippen LogP contribution in [0.4, 0.5) is 4.39 Å². The van der Waals surface area contributed by atoms with Crippen LogP contribution in [0.3, 0.4) is 0 Å². The van der Waals surface area contributed by atoms with Gasteiger partial charge >= 0.3 is 0 Å². The number of hydrogen-bond acceptors (Lipinski definition) is 1. The minimum absolute atomic E-state index is 0. The van der Waals surface area contributed by atoms with Crippen molar-refractivity contribution in [1.29, 1.82) is 0 Å². The molecule has 0 aliphatic rings. The zero-order valence-electron chi connectivity index (χ0n) is 7.57. The van der Waals surface area contributed by atoms with Crippen LogP contribution in [-0.2, 0) is 20.1 Å². The maximum Gasteiger partial charge on any atom is 0.221 e. The Morgan fingerprint density at radius 2 is 2.20 bits per heavy atom. The first-order chi connectivity index (χ1) is 6.84. The van der Waals surface area contributed by atoms with Crippen molar-refractivity contribution in [2.75, 3.05) is 0 Å². The van der Waals surface area contributed by atoms with Crippen LogP contribution in [0.1, 0.15) is 0 Å². The van der Waals surface area contributed by atoms with E-state index in [9.17, 15) is 4.39 Å². The molecule has 3 rings (SSSR count). The van der Waals surface area contributed by atoms with Gasteiger partial charge in [-0.15, -0.1) is 35.0 Å². The molecule has 15 heavy (non-hydrogen) atoms. The van der Waals surface area contributed by atoms with Crippen molar-refractivity contribution >= 4 is 16.4 Å². The van der Waals surface area contributed by atoms with Crippen molar-refractivity contribution in [2.24, 2.45) is 0 Å². The van der Waals surface area contributed by atoms with Gasteiger partial charge in [-0.05, 0) is 6.20 Å². The van der Waals surface area contributed by atoms with E-state index in [1.165, 1.54) is 6.20 Å². The molecule has 0 amide bonds. The van der Waals surface area contributed by atoms with Crippen LogP contribution in [0.25, 0.3) is 16.4 Å². The molecule has 1 radical (unpaired) electrons. The monoisotopic (exact) mass is 378 g/mol. The van der Waals surface area contributed by atoms with Gasteiger partial charge in [-0.3, -0.25) is 4.98 Å². The molecule has 0 aliphatic carbocycles. The number of rotatable bonds is 0. The molecule has 0 atom stereocenters. The molecular formula is C11H6FIrN2-. The Morgan fingerprint density at radius 3 is 3.07 bits per heavy atom. The summed E-state index contributed by atoms with van der Waals surface area (Å²) in [6, 6.07) is 10.6. The van der Waals surface area contributed by atoms with Gasteiger partial charge in [0.2, 0.25) is 5.95 Å². The van der Waals surface area contributed by atoms with E-state index in [4.69, 9.17) is 0 Å². The van der Waals surface area contributed by atoms with Gasteiger partial charge in [-0.1, -0.05) is 6.07 Å². The smallest absolute Gasteiger partial charge is 0.221 e. The molecule has 0 fully saturated rings. The molecule has 2 heterocycles. The fourth-order valence-corrected chi connectivity index (χ4v) is 1.61. The third kappa shape index (κ3) is 1.56. The number of imidazole rings is 1. The van der Waals surface area contributed by atoms with Gasteiger partial charge in [-0.25, -0.2) is 0 Å². The van der Waals surface area contributed by atoms with Crippen molar-refractivity contribution < 1.29 is 24.5 Å². The van der Waals surface area contributed by atoms with Crippen LogP contribution in [0, 0.1) is 12.0 Å². The van der Waals surface area contributed by atoms with E-state index >= 15 is 0 Å². The number of benzene rings is 1. The average molecular weight is 377 g/mol. The minimum atomic E-state index is -0.463. The van der Waals surface area contributed by atoms with E-state index in [1.807, 2.05) is 18.2 Å². The Labute approximate surface area is 99.1 Å². The van der Waals surface area contributed by atoms with Crippen LogP contribution in [0.5, 0.6) is 0 Å². The predicted octanol–water partition coefficient (Wildman–Crippen LogP) is 2.42. The molecule has 77 valence electrons. The molecule has 2 nitrogen and oxygen atoms in total. The van der Waals surface area contributed by atoms with Crippen LogP contribution in [0.2, 0.25) is 0 Å². The van der Waals surface area contributed by atoms with E-state index in [1.54, 1.807) is 16.7 Å². The SMILES string of the molecule is Fc1cn2ccc3ccc[c-]c3c2n1.[Ir]. The Morgan fingerprint density at radius 1 is 1.33 bits per heavy atom. The fourth-order valence-electron chi connectivity index (χ4n) is 1.61. The van der Waals surface area contributed by atoms with E-state index in [0.29, 0.717) is 5.65 Å².